The van der Waals surface area contributed by atoms with Gasteiger partial charge >= 0.3 is 0 Å². The van der Waals surface area contributed by atoms with Crippen LogP contribution in [-0.4, -0.2) is 57.8 Å². The quantitative estimate of drug-likeness (QED) is 0.532. The number of nitrogens with zero attached hydrogens (tertiary/aromatic N) is 3. The maximum atomic E-state index is 12.4. The Morgan fingerprint density at radius 2 is 2.00 bits per heavy atom. The van der Waals surface area contributed by atoms with Crippen molar-refractivity contribution in [2.45, 2.75) is 57.2 Å². The first-order valence-electron chi connectivity index (χ1n) is 11.7. The largest absolute Gasteiger partial charge is 0.385 e. The van der Waals surface area contributed by atoms with E-state index >= 15 is 0 Å². The van der Waals surface area contributed by atoms with Gasteiger partial charge in [0.05, 0.1) is 23.6 Å². The average Bonchev–Trinajstić information content (AvgIpc) is 3.18. The van der Waals surface area contributed by atoms with E-state index in [2.05, 4.69) is 25.7 Å². The van der Waals surface area contributed by atoms with E-state index in [1.54, 1.807) is 0 Å². The Morgan fingerprint density at radius 3 is 2.73 bits per heavy atom. The Balaban J connectivity index is 1.06. The Morgan fingerprint density at radius 1 is 1.21 bits per heavy atom. The first kappa shape index (κ1) is 21.9. The summed E-state index contributed by atoms with van der Waals surface area (Å²) in [6, 6.07) is 10.4. The molecular formula is C25H31N5O3. The zero-order chi connectivity index (χ0) is 23.0. The Bertz CT molecular complexity index is 1130. The zero-order valence-electron chi connectivity index (χ0n) is 19.2. The second-order valence-corrected chi connectivity index (χ2v) is 9.55. The van der Waals surface area contributed by atoms with Gasteiger partial charge in [0.15, 0.2) is 11.4 Å². The summed E-state index contributed by atoms with van der Waals surface area (Å²) in [5.41, 5.74) is 2.93. The van der Waals surface area contributed by atoms with E-state index < -0.39 is 5.60 Å². The number of carbonyl (C=O) groups excluding carboxylic acids is 1. The van der Waals surface area contributed by atoms with Crippen molar-refractivity contribution in [1.82, 2.24) is 20.4 Å². The van der Waals surface area contributed by atoms with Crippen molar-refractivity contribution in [3.8, 4) is 0 Å². The van der Waals surface area contributed by atoms with Crippen molar-refractivity contribution in [3.05, 3.63) is 53.3 Å². The lowest BCUT2D eigenvalue weighted by Crippen LogP contribution is -2.63. The van der Waals surface area contributed by atoms with Gasteiger partial charge in [-0.15, -0.1) is 0 Å². The van der Waals surface area contributed by atoms with E-state index in [1.807, 2.05) is 50.4 Å². The van der Waals surface area contributed by atoms with Gasteiger partial charge in [-0.2, -0.15) is 0 Å². The molecule has 3 heterocycles. The van der Waals surface area contributed by atoms with Gasteiger partial charge in [0.25, 0.3) is 0 Å². The highest BCUT2D eigenvalue weighted by atomic mass is 16.5. The Hall–Kier alpha value is -2.97. The highest BCUT2D eigenvalue weighted by Gasteiger charge is 2.40. The Labute approximate surface area is 193 Å². The number of aromatic nitrogens is 2. The van der Waals surface area contributed by atoms with Crippen molar-refractivity contribution in [2.75, 3.05) is 25.0 Å². The lowest BCUT2D eigenvalue weighted by Gasteiger charge is -2.48. The Kier molecular flexibility index (Phi) is 5.80. The van der Waals surface area contributed by atoms with Crippen molar-refractivity contribution < 1.29 is 14.4 Å². The van der Waals surface area contributed by atoms with Crippen LogP contribution in [0.5, 0.6) is 0 Å². The molecule has 0 spiro atoms. The molecule has 2 aromatic heterocycles. The minimum absolute atomic E-state index is 0.0478. The molecule has 1 saturated heterocycles. The highest BCUT2D eigenvalue weighted by Crippen LogP contribution is 2.39. The minimum atomic E-state index is -0.773. The number of pyridine rings is 1. The molecule has 1 amide bonds. The highest BCUT2D eigenvalue weighted by molar-refractivity contribution is 5.90. The van der Waals surface area contributed by atoms with Crippen molar-refractivity contribution in [1.29, 1.82) is 0 Å². The summed E-state index contributed by atoms with van der Waals surface area (Å²) in [6.45, 7) is 5.84. The summed E-state index contributed by atoms with van der Waals surface area (Å²) in [5.74, 6) is 0.547. The molecule has 0 unspecified atom stereocenters. The van der Waals surface area contributed by atoms with Gasteiger partial charge in [-0.3, -0.25) is 14.7 Å². The average molecular weight is 450 g/mol. The van der Waals surface area contributed by atoms with Crippen LogP contribution in [0.2, 0.25) is 0 Å². The maximum Gasteiger partial charge on any atom is 0.239 e. The number of carbonyl (C=O) groups is 1. The van der Waals surface area contributed by atoms with Crippen LogP contribution in [0.25, 0.3) is 11.0 Å². The maximum absolute atomic E-state index is 12.4. The second-order valence-electron chi connectivity index (χ2n) is 9.55. The minimum Gasteiger partial charge on any atom is -0.385 e. The van der Waals surface area contributed by atoms with E-state index in [0.717, 1.165) is 61.0 Å². The SMILES string of the molecule is Cc1ccc2onc(NCC(=O)NC3CN(C4CCC(O)(c5ccc(C)nc5)CC4)C3)c2c1. The van der Waals surface area contributed by atoms with Crippen LogP contribution in [0.15, 0.2) is 41.1 Å². The number of hydrogen-bond acceptors (Lipinski definition) is 7. The van der Waals surface area contributed by atoms with Crippen LogP contribution in [0.4, 0.5) is 5.82 Å². The molecule has 1 aliphatic carbocycles. The molecule has 1 saturated carbocycles. The third kappa shape index (κ3) is 4.58. The topological polar surface area (TPSA) is 104 Å². The normalized spacial score (nSPS) is 23.9. The van der Waals surface area contributed by atoms with Gasteiger partial charge in [-0.05, 0) is 57.7 Å². The summed E-state index contributed by atoms with van der Waals surface area (Å²) < 4.78 is 5.31. The van der Waals surface area contributed by atoms with E-state index in [-0.39, 0.29) is 18.5 Å². The van der Waals surface area contributed by atoms with E-state index in [4.69, 9.17) is 4.52 Å². The van der Waals surface area contributed by atoms with Gasteiger partial charge in [0.2, 0.25) is 5.91 Å². The first-order chi connectivity index (χ1) is 15.9. The number of rotatable bonds is 6. The standard InChI is InChI=1S/C25H31N5O3/c1-16-3-6-22-21(11-16)24(29-33-22)27-13-23(31)28-19-14-30(15-19)20-7-9-25(32,10-8-20)18-5-4-17(2)26-12-18/h3-6,11-12,19-20,32H,7-10,13-15H2,1-2H3,(H,27,29)(H,28,31). The van der Waals surface area contributed by atoms with Gasteiger partial charge in [0, 0.05) is 36.6 Å². The van der Waals surface area contributed by atoms with Gasteiger partial charge in [-0.1, -0.05) is 22.9 Å². The first-order valence-corrected chi connectivity index (χ1v) is 11.7. The van der Waals surface area contributed by atoms with Gasteiger partial charge < -0.3 is 20.3 Å². The third-order valence-electron chi connectivity index (χ3n) is 7.06. The molecule has 0 bridgehead atoms. The summed E-state index contributed by atoms with van der Waals surface area (Å²) in [5, 5.41) is 22.2. The molecule has 2 aliphatic rings. The molecule has 5 rings (SSSR count). The van der Waals surface area contributed by atoms with Crippen LogP contribution in [0.3, 0.4) is 0 Å². The van der Waals surface area contributed by atoms with Crippen LogP contribution < -0.4 is 10.6 Å². The van der Waals surface area contributed by atoms with E-state index in [0.29, 0.717) is 17.4 Å². The van der Waals surface area contributed by atoms with E-state index in [9.17, 15) is 9.90 Å². The number of anilines is 1. The molecular weight excluding hydrogens is 418 g/mol. The van der Waals surface area contributed by atoms with Crippen molar-refractivity contribution >= 4 is 22.7 Å². The fraction of sp³-hybridized carbons (Fsp3) is 0.480. The van der Waals surface area contributed by atoms with Crippen LogP contribution in [0, 0.1) is 13.8 Å². The fourth-order valence-electron chi connectivity index (χ4n) is 5.00. The molecule has 3 N–H and O–H groups in total. The predicted octanol–water partition coefficient (Wildman–Crippen LogP) is 2.88. The van der Waals surface area contributed by atoms with Crippen LogP contribution in [-0.2, 0) is 10.4 Å². The van der Waals surface area contributed by atoms with Crippen molar-refractivity contribution in [2.24, 2.45) is 0 Å². The number of nitrogens with one attached hydrogen (secondary N) is 2. The van der Waals surface area contributed by atoms with Crippen molar-refractivity contribution in [3.63, 3.8) is 0 Å². The number of amides is 1. The number of fused-ring (bicyclic) bond motifs is 1. The molecule has 3 aromatic rings. The summed E-state index contributed by atoms with van der Waals surface area (Å²) in [7, 11) is 0. The molecule has 2 fully saturated rings. The molecule has 8 heteroatoms. The third-order valence-corrected chi connectivity index (χ3v) is 7.06. The van der Waals surface area contributed by atoms with E-state index in [1.165, 1.54) is 0 Å². The number of benzene rings is 1. The summed E-state index contributed by atoms with van der Waals surface area (Å²) >= 11 is 0. The van der Waals surface area contributed by atoms with Gasteiger partial charge in [0.1, 0.15) is 0 Å². The molecule has 33 heavy (non-hydrogen) atoms. The summed E-state index contributed by atoms with van der Waals surface area (Å²) in [6.07, 6.45) is 5.19. The van der Waals surface area contributed by atoms with Gasteiger partial charge in [-0.25, -0.2) is 0 Å². The monoisotopic (exact) mass is 449 g/mol. The van der Waals surface area contributed by atoms with Crippen LogP contribution >= 0.6 is 0 Å². The van der Waals surface area contributed by atoms with Crippen LogP contribution in [0.1, 0.15) is 42.5 Å². The molecule has 1 aliphatic heterocycles. The fourth-order valence-corrected chi connectivity index (χ4v) is 5.00. The molecule has 8 nitrogen and oxygen atoms in total. The lowest BCUT2D eigenvalue weighted by molar-refractivity contribution is -0.121. The predicted molar refractivity (Wildman–Crippen MR) is 126 cm³/mol. The molecule has 1 aromatic carbocycles. The zero-order valence-corrected chi connectivity index (χ0v) is 19.2. The number of aryl methyl sites for hydroxylation is 2. The number of hydrogen-bond donors (Lipinski definition) is 3. The number of aliphatic hydroxyl groups is 1. The molecule has 0 atom stereocenters. The second kappa shape index (κ2) is 8.76. The lowest BCUT2D eigenvalue weighted by atomic mass is 9.77. The molecule has 174 valence electrons. The number of likely N-dealkylation sites (tertiary alicyclic amines) is 1. The smallest absolute Gasteiger partial charge is 0.239 e. The summed E-state index contributed by atoms with van der Waals surface area (Å²) in [4.78, 5) is 19.2. The molecule has 0 radical (unpaired) electrons.